The molecular formula is C19H12ClF3N4O4. The van der Waals surface area contributed by atoms with Crippen LogP contribution in [-0.4, -0.2) is 17.3 Å². The summed E-state index contributed by atoms with van der Waals surface area (Å²) in [5, 5.41) is 5.44. The maximum Gasteiger partial charge on any atom is 0.573 e. The van der Waals surface area contributed by atoms with Gasteiger partial charge in [0.15, 0.2) is 17.3 Å². The highest BCUT2D eigenvalue weighted by Gasteiger charge is 2.31. The van der Waals surface area contributed by atoms with Gasteiger partial charge in [-0.3, -0.25) is 4.79 Å². The van der Waals surface area contributed by atoms with E-state index in [9.17, 15) is 22.9 Å². The number of nitrogens with one attached hydrogen (secondary N) is 1. The molecule has 0 unspecified atom stereocenters. The molecule has 1 aromatic heterocycles. The van der Waals surface area contributed by atoms with E-state index in [-0.39, 0.29) is 39.3 Å². The molecule has 0 saturated heterocycles. The lowest BCUT2D eigenvalue weighted by Gasteiger charge is -2.12. The van der Waals surface area contributed by atoms with Gasteiger partial charge in [-0.15, -0.1) is 18.1 Å². The molecule has 0 saturated carbocycles. The molecule has 3 N–H and O–H groups in total. The molecular weight excluding hydrogens is 441 g/mol. The van der Waals surface area contributed by atoms with Gasteiger partial charge >= 0.3 is 6.36 Å². The molecule has 0 aliphatic rings. The molecule has 0 radical (unpaired) electrons. The average molecular weight is 453 g/mol. The van der Waals surface area contributed by atoms with Gasteiger partial charge in [-0.05, 0) is 35.5 Å². The molecule has 160 valence electrons. The number of pyridine rings is 1. The van der Waals surface area contributed by atoms with Crippen LogP contribution in [0, 0.1) is 4.91 Å². The highest BCUT2D eigenvalue weighted by molar-refractivity contribution is 6.31. The predicted molar refractivity (Wildman–Crippen MR) is 107 cm³/mol. The number of aromatic nitrogens is 1. The van der Waals surface area contributed by atoms with Crippen LogP contribution in [0.1, 0.15) is 10.4 Å². The Balaban J connectivity index is 1.81. The Kier molecular flexibility index (Phi) is 6.25. The number of nitrogen functional groups attached to an aromatic ring is 1. The zero-order chi connectivity index (χ0) is 22.6. The molecule has 0 atom stereocenters. The van der Waals surface area contributed by atoms with Crippen molar-refractivity contribution in [3.8, 4) is 17.2 Å². The Labute approximate surface area is 177 Å². The maximum atomic E-state index is 12.4. The van der Waals surface area contributed by atoms with Crippen LogP contribution in [0.4, 0.5) is 30.4 Å². The Morgan fingerprint density at radius 2 is 1.90 bits per heavy atom. The van der Waals surface area contributed by atoms with Crippen LogP contribution in [0.2, 0.25) is 5.02 Å². The van der Waals surface area contributed by atoms with Gasteiger partial charge in [-0.1, -0.05) is 17.7 Å². The van der Waals surface area contributed by atoms with Gasteiger partial charge < -0.3 is 20.5 Å². The standard InChI is InChI=1S/C19H12ClF3N4O4/c20-11-7-12(9-14(8-11)30-15-4-5-25-17(24)16(15)27-29)26-18(28)10-2-1-3-13(6-10)31-19(21,22)23/h1-9H,(H2,24,25)(H,26,28). The number of hydrogen-bond donors (Lipinski definition) is 2. The van der Waals surface area contributed by atoms with Crippen LogP contribution in [0.3, 0.4) is 0 Å². The van der Waals surface area contributed by atoms with E-state index >= 15 is 0 Å². The van der Waals surface area contributed by atoms with E-state index in [2.05, 4.69) is 20.2 Å². The summed E-state index contributed by atoms with van der Waals surface area (Å²) >= 11 is 6.05. The van der Waals surface area contributed by atoms with Crippen molar-refractivity contribution >= 4 is 34.7 Å². The average Bonchev–Trinajstić information content (AvgIpc) is 2.66. The van der Waals surface area contributed by atoms with Gasteiger partial charge in [-0.2, -0.15) is 0 Å². The fourth-order valence-electron chi connectivity index (χ4n) is 2.48. The van der Waals surface area contributed by atoms with E-state index in [1.165, 1.54) is 42.6 Å². The highest BCUT2D eigenvalue weighted by atomic mass is 35.5. The molecule has 12 heteroatoms. The Bertz CT molecular complexity index is 1140. The molecule has 8 nitrogen and oxygen atoms in total. The Morgan fingerprint density at radius 3 is 2.61 bits per heavy atom. The van der Waals surface area contributed by atoms with E-state index < -0.39 is 18.0 Å². The fourth-order valence-corrected chi connectivity index (χ4v) is 2.71. The van der Waals surface area contributed by atoms with Crippen LogP contribution in [0.5, 0.6) is 17.2 Å². The molecule has 3 aromatic rings. The number of carbonyl (C=O) groups is 1. The van der Waals surface area contributed by atoms with Crippen molar-refractivity contribution in [2.24, 2.45) is 5.18 Å². The first-order chi connectivity index (χ1) is 14.6. The summed E-state index contributed by atoms with van der Waals surface area (Å²) in [6.07, 6.45) is -3.58. The van der Waals surface area contributed by atoms with Gasteiger partial charge in [-0.25, -0.2) is 4.98 Å². The zero-order valence-electron chi connectivity index (χ0n) is 15.3. The minimum absolute atomic E-state index is 0.0130. The largest absolute Gasteiger partial charge is 0.573 e. The van der Waals surface area contributed by atoms with E-state index in [0.717, 1.165) is 12.1 Å². The van der Waals surface area contributed by atoms with Crippen molar-refractivity contribution in [2.75, 3.05) is 11.1 Å². The number of anilines is 2. The third kappa shape index (κ3) is 5.82. The lowest BCUT2D eigenvalue weighted by atomic mass is 10.2. The van der Waals surface area contributed by atoms with Gasteiger partial charge in [0.25, 0.3) is 5.91 Å². The summed E-state index contributed by atoms with van der Waals surface area (Å²) in [5.74, 6) is -1.25. The number of carbonyl (C=O) groups excluding carboxylic acids is 1. The number of nitrogens with two attached hydrogens (primary N) is 1. The van der Waals surface area contributed by atoms with Crippen molar-refractivity contribution in [2.45, 2.75) is 6.36 Å². The summed E-state index contributed by atoms with van der Waals surface area (Å²) in [4.78, 5) is 27.2. The van der Waals surface area contributed by atoms with Crippen LogP contribution in [0.25, 0.3) is 0 Å². The molecule has 0 aliphatic heterocycles. The second-order valence-corrected chi connectivity index (χ2v) is 6.38. The quantitative estimate of drug-likeness (QED) is 0.466. The summed E-state index contributed by atoms with van der Waals surface area (Å²) in [7, 11) is 0. The lowest BCUT2D eigenvalue weighted by molar-refractivity contribution is -0.274. The van der Waals surface area contributed by atoms with Crippen molar-refractivity contribution in [1.29, 1.82) is 0 Å². The molecule has 0 spiro atoms. The maximum absolute atomic E-state index is 12.4. The number of nitroso groups, excluding NO2 is 1. The minimum Gasteiger partial charge on any atom is -0.455 e. The number of halogens is 4. The first-order valence-electron chi connectivity index (χ1n) is 8.38. The summed E-state index contributed by atoms with van der Waals surface area (Å²) < 4.78 is 46.5. The number of amides is 1. The number of nitrogens with zero attached hydrogens (tertiary/aromatic N) is 2. The molecule has 2 aromatic carbocycles. The van der Waals surface area contributed by atoms with E-state index in [1.807, 2.05) is 0 Å². The van der Waals surface area contributed by atoms with Crippen LogP contribution < -0.4 is 20.5 Å². The zero-order valence-corrected chi connectivity index (χ0v) is 16.1. The van der Waals surface area contributed by atoms with Gasteiger partial charge in [0.05, 0.1) is 0 Å². The van der Waals surface area contributed by atoms with E-state index in [4.69, 9.17) is 22.1 Å². The predicted octanol–water partition coefficient (Wildman–Crippen LogP) is 5.66. The number of benzene rings is 2. The van der Waals surface area contributed by atoms with Crippen molar-refractivity contribution < 1.29 is 27.4 Å². The molecule has 0 aliphatic carbocycles. The molecule has 1 amide bonds. The molecule has 0 fully saturated rings. The molecule has 3 rings (SSSR count). The van der Waals surface area contributed by atoms with Gasteiger partial charge in [0.2, 0.25) is 0 Å². The second-order valence-electron chi connectivity index (χ2n) is 5.94. The first-order valence-corrected chi connectivity index (χ1v) is 8.76. The van der Waals surface area contributed by atoms with E-state index in [0.29, 0.717) is 0 Å². The summed E-state index contributed by atoms with van der Waals surface area (Å²) in [6, 6.07) is 10.1. The molecule has 0 bridgehead atoms. The van der Waals surface area contributed by atoms with Crippen LogP contribution >= 0.6 is 11.6 Å². The summed E-state index contributed by atoms with van der Waals surface area (Å²) in [5.41, 5.74) is 5.46. The smallest absolute Gasteiger partial charge is 0.455 e. The first kappa shape index (κ1) is 21.8. The van der Waals surface area contributed by atoms with Crippen LogP contribution in [-0.2, 0) is 0 Å². The van der Waals surface area contributed by atoms with Crippen molar-refractivity contribution in [3.63, 3.8) is 0 Å². The Hall–Kier alpha value is -3.86. The number of ether oxygens (including phenoxy) is 2. The van der Waals surface area contributed by atoms with E-state index in [1.54, 1.807) is 0 Å². The second kappa shape index (κ2) is 8.88. The normalized spacial score (nSPS) is 11.0. The fraction of sp³-hybridized carbons (Fsp3) is 0.0526. The van der Waals surface area contributed by atoms with Crippen molar-refractivity contribution in [3.05, 3.63) is 70.2 Å². The highest BCUT2D eigenvalue weighted by Crippen LogP contribution is 2.36. The summed E-state index contributed by atoms with van der Waals surface area (Å²) in [6.45, 7) is 0. The monoisotopic (exact) mass is 452 g/mol. The SMILES string of the molecule is Nc1nccc(Oc2cc(Cl)cc(NC(=O)c3cccc(OC(F)(F)F)c3)c2)c1N=O. The van der Waals surface area contributed by atoms with Crippen molar-refractivity contribution in [1.82, 2.24) is 4.98 Å². The number of alkyl halides is 3. The lowest BCUT2D eigenvalue weighted by Crippen LogP contribution is -2.18. The molecule has 31 heavy (non-hydrogen) atoms. The topological polar surface area (TPSA) is 116 Å². The van der Waals surface area contributed by atoms with Crippen LogP contribution in [0.15, 0.2) is 59.9 Å². The number of hydrogen-bond acceptors (Lipinski definition) is 7. The van der Waals surface area contributed by atoms with Gasteiger partial charge in [0.1, 0.15) is 11.5 Å². The third-order valence-corrected chi connectivity index (χ3v) is 3.91. The minimum atomic E-state index is -4.89. The molecule has 1 heterocycles. The Morgan fingerprint density at radius 1 is 1.13 bits per heavy atom. The third-order valence-electron chi connectivity index (χ3n) is 3.69. The number of rotatable bonds is 6. The van der Waals surface area contributed by atoms with Gasteiger partial charge in [0, 0.05) is 34.6 Å².